The van der Waals surface area contributed by atoms with Crippen LogP contribution in [0.15, 0.2) is 42.6 Å². The summed E-state index contributed by atoms with van der Waals surface area (Å²) >= 11 is 5.95. The lowest BCUT2D eigenvalue weighted by atomic mass is 10.1. The Morgan fingerprint density at radius 1 is 1.07 bits per heavy atom. The molecule has 2 aromatic heterocycles. The van der Waals surface area contributed by atoms with Crippen molar-refractivity contribution in [1.82, 2.24) is 9.13 Å². The molecule has 29 heavy (non-hydrogen) atoms. The van der Waals surface area contributed by atoms with Gasteiger partial charge in [-0.15, -0.1) is 0 Å². The molecule has 150 valence electrons. The number of rotatable bonds is 6. The zero-order chi connectivity index (χ0) is 21.3. The summed E-state index contributed by atoms with van der Waals surface area (Å²) in [6.45, 7) is 4.78. The third kappa shape index (κ3) is 4.17. The van der Waals surface area contributed by atoms with Crippen molar-refractivity contribution < 1.29 is 19.1 Å². The van der Waals surface area contributed by atoms with Crippen LogP contribution in [-0.4, -0.2) is 33.3 Å². The third-order valence-electron chi connectivity index (χ3n) is 4.77. The Morgan fingerprint density at radius 3 is 2.31 bits per heavy atom. The van der Waals surface area contributed by atoms with Crippen molar-refractivity contribution in [2.75, 3.05) is 6.61 Å². The lowest BCUT2D eigenvalue weighted by Crippen LogP contribution is -2.16. The average Bonchev–Trinajstić information content (AvgIpc) is 3.20. The van der Waals surface area contributed by atoms with Gasteiger partial charge in [-0.2, -0.15) is 0 Å². The molecule has 0 atom stereocenters. The van der Waals surface area contributed by atoms with E-state index >= 15 is 0 Å². The molecule has 0 bridgehead atoms. The van der Waals surface area contributed by atoms with Crippen molar-refractivity contribution in [3.05, 3.63) is 75.8 Å². The standard InChI is InChI=1S/C22H21ClN2O4/c1-13-9-19(14(2)25(13)18-7-5-17(23)6-8-18)21(27)12-29-22(28)20-10-16(15(3)26)11-24(20)4/h5-11H,12H2,1-4H3. The van der Waals surface area contributed by atoms with Crippen LogP contribution in [0.25, 0.3) is 5.69 Å². The smallest absolute Gasteiger partial charge is 0.355 e. The number of aryl methyl sites for hydroxylation is 2. The molecule has 0 radical (unpaired) electrons. The predicted molar refractivity (Wildman–Crippen MR) is 110 cm³/mol. The van der Waals surface area contributed by atoms with Crippen LogP contribution >= 0.6 is 11.6 Å². The summed E-state index contributed by atoms with van der Waals surface area (Å²) in [5.74, 6) is -1.10. The van der Waals surface area contributed by atoms with Gasteiger partial charge in [0.1, 0.15) is 5.69 Å². The monoisotopic (exact) mass is 412 g/mol. The van der Waals surface area contributed by atoms with E-state index in [0.717, 1.165) is 17.1 Å². The van der Waals surface area contributed by atoms with Gasteiger partial charge in [0.05, 0.1) is 0 Å². The Kier molecular flexibility index (Phi) is 5.75. The van der Waals surface area contributed by atoms with Crippen LogP contribution in [0.1, 0.15) is 49.5 Å². The molecule has 6 nitrogen and oxygen atoms in total. The first kappa shape index (κ1) is 20.6. The number of hydrogen-bond donors (Lipinski definition) is 0. The maximum atomic E-state index is 12.7. The highest BCUT2D eigenvalue weighted by atomic mass is 35.5. The van der Waals surface area contributed by atoms with E-state index < -0.39 is 5.97 Å². The molecule has 3 rings (SSSR count). The summed E-state index contributed by atoms with van der Waals surface area (Å²) in [5, 5.41) is 0.632. The van der Waals surface area contributed by atoms with E-state index in [1.165, 1.54) is 17.6 Å². The summed E-state index contributed by atoms with van der Waals surface area (Å²) in [5.41, 5.74) is 3.64. The third-order valence-corrected chi connectivity index (χ3v) is 5.02. The number of ketones is 2. The van der Waals surface area contributed by atoms with Crippen LogP contribution in [0.5, 0.6) is 0 Å². The summed E-state index contributed by atoms with van der Waals surface area (Å²) in [4.78, 5) is 36.5. The second-order valence-electron chi connectivity index (χ2n) is 6.88. The molecular weight excluding hydrogens is 392 g/mol. The first-order valence-electron chi connectivity index (χ1n) is 9.01. The minimum Gasteiger partial charge on any atom is -0.453 e. The maximum Gasteiger partial charge on any atom is 0.355 e. The number of aromatic nitrogens is 2. The number of hydrogen-bond acceptors (Lipinski definition) is 4. The van der Waals surface area contributed by atoms with Gasteiger partial charge in [-0.3, -0.25) is 9.59 Å². The Balaban J connectivity index is 1.76. The number of ether oxygens (including phenoxy) is 1. The molecular formula is C22H21ClN2O4. The first-order valence-corrected chi connectivity index (χ1v) is 9.39. The molecule has 1 aromatic carbocycles. The normalized spacial score (nSPS) is 10.8. The molecule has 7 heteroatoms. The van der Waals surface area contributed by atoms with Gasteiger partial charge in [-0.1, -0.05) is 11.6 Å². The van der Waals surface area contributed by atoms with Gasteiger partial charge < -0.3 is 13.9 Å². The summed E-state index contributed by atoms with van der Waals surface area (Å²) in [7, 11) is 1.64. The Morgan fingerprint density at radius 2 is 1.72 bits per heavy atom. The lowest BCUT2D eigenvalue weighted by molar-refractivity contribution is 0.0465. The van der Waals surface area contributed by atoms with E-state index in [1.807, 2.05) is 30.5 Å². The molecule has 0 unspecified atom stereocenters. The van der Waals surface area contributed by atoms with Gasteiger partial charge >= 0.3 is 5.97 Å². The minimum atomic E-state index is -0.653. The highest BCUT2D eigenvalue weighted by Gasteiger charge is 2.20. The van der Waals surface area contributed by atoms with Crippen molar-refractivity contribution in [2.45, 2.75) is 20.8 Å². The van der Waals surface area contributed by atoms with Crippen molar-refractivity contribution in [3.8, 4) is 5.69 Å². The fraction of sp³-hybridized carbons (Fsp3) is 0.227. The molecule has 0 aliphatic heterocycles. The highest BCUT2D eigenvalue weighted by Crippen LogP contribution is 2.23. The molecule has 0 saturated carbocycles. The molecule has 0 spiro atoms. The molecule has 0 N–H and O–H groups in total. The summed E-state index contributed by atoms with van der Waals surface area (Å²) < 4.78 is 8.65. The molecule has 2 heterocycles. The van der Waals surface area contributed by atoms with Crippen LogP contribution in [0.4, 0.5) is 0 Å². The Hall–Kier alpha value is -3.12. The molecule has 3 aromatic rings. The number of esters is 1. The number of carbonyl (C=O) groups is 3. The zero-order valence-electron chi connectivity index (χ0n) is 16.7. The Bertz CT molecular complexity index is 1110. The van der Waals surface area contributed by atoms with E-state index in [2.05, 4.69) is 0 Å². The molecule has 0 saturated heterocycles. The first-order chi connectivity index (χ1) is 13.7. The van der Waals surface area contributed by atoms with Gasteiger partial charge in [0, 0.05) is 46.5 Å². The largest absolute Gasteiger partial charge is 0.453 e. The number of halogens is 1. The SMILES string of the molecule is CC(=O)c1cc(C(=O)OCC(=O)c2cc(C)n(-c3ccc(Cl)cc3)c2C)n(C)c1. The van der Waals surface area contributed by atoms with E-state index in [0.29, 0.717) is 16.1 Å². The minimum absolute atomic E-state index is 0.148. The van der Waals surface area contributed by atoms with E-state index in [9.17, 15) is 14.4 Å². The van der Waals surface area contributed by atoms with Crippen molar-refractivity contribution in [3.63, 3.8) is 0 Å². The van der Waals surface area contributed by atoms with Gasteiger partial charge in [-0.05, 0) is 57.2 Å². The Labute approximate surface area is 173 Å². The summed E-state index contributed by atoms with van der Waals surface area (Å²) in [6.07, 6.45) is 1.56. The number of benzene rings is 1. The molecule has 0 amide bonds. The second kappa shape index (κ2) is 8.09. The maximum absolute atomic E-state index is 12.7. The van der Waals surface area contributed by atoms with Gasteiger partial charge in [0.25, 0.3) is 0 Å². The average molecular weight is 413 g/mol. The fourth-order valence-electron chi connectivity index (χ4n) is 3.28. The second-order valence-corrected chi connectivity index (χ2v) is 7.31. The predicted octanol–water partition coefficient (Wildman–Crippen LogP) is 4.33. The van der Waals surface area contributed by atoms with Gasteiger partial charge in [-0.25, -0.2) is 4.79 Å². The van der Waals surface area contributed by atoms with Crippen molar-refractivity contribution in [1.29, 1.82) is 0 Å². The van der Waals surface area contributed by atoms with Crippen LogP contribution in [0.3, 0.4) is 0 Å². The van der Waals surface area contributed by atoms with Crippen LogP contribution < -0.4 is 0 Å². The number of Topliss-reactive ketones (excluding diaryl/α,β-unsaturated/α-hetero) is 2. The summed E-state index contributed by atoms with van der Waals surface area (Å²) in [6, 6.07) is 10.6. The molecule has 0 fully saturated rings. The van der Waals surface area contributed by atoms with Crippen LogP contribution in [0.2, 0.25) is 5.02 Å². The van der Waals surface area contributed by atoms with E-state index in [-0.39, 0.29) is 23.9 Å². The van der Waals surface area contributed by atoms with Crippen LogP contribution in [0, 0.1) is 13.8 Å². The van der Waals surface area contributed by atoms with Crippen LogP contribution in [-0.2, 0) is 11.8 Å². The van der Waals surface area contributed by atoms with E-state index in [4.69, 9.17) is 16.3 Å². The molecule has 0 aliphatic rings. The molecule has 0 aliphatic carbocycles. The topological polar surface area (TPSA) is 70.3 Å². The van der Waals surface area contributed by atoms with Crippen molar-refractivity contribution in [2.24, 2.45) is 7.05 Å². The fourth-order valence-corrected chi connectivity index (χ4v) is 3.40. The lowest BCUT2D eigenvalue weighted by Gasteiger charge is -2.10. The van der Waals surface area contributed by atoms with Gasteiger partial charge in [0.15, 0.2) is 12.4 Å². The quantitative estimate of drug-likeness (QED) is 0.446. The number of nitrogens with zero attached hydrogens (tertiary/aromatic N) is 2. The van der Waals surface area contributed by atoms with Gasteiger partial charge in [0.2, 0.25) is 5.78 Å². The zero-order valence-corrected chi connectivity index (χ0v) is 17.4. The highest BCUT2D eigenvalue weighted by molar-refractivity contribution is 6.30. The van der Waals surface area contributed by atoms with E-state index in [1.54, 1.807) is 31.4 Å². The van der Waals surface area contributed by atoms with Crippen molar-refractivity contribution >= 4 is 29.1 Å². The number of carbonyl (C=O) groups excluding carboxylic acids is 3.